The van der Waals surface area contributed by atoms with Crippen LogP contribution >= 0.6 is 0 Å². The van der Waals surface area contributed by atoms with Crippen LogP contribution in [0, 0.1) is 0 Å². The van der Waals surface area contributed by atoms with Gasteiger partial charge in [0.1, 0.15) is 11.9 Å². The number of nitrogens with zero attached hydrogens (tertiary/aromatic N) is 3. The zero-order valence-corrected chi connectivity index (χ0v) is 11.4. The maximum atomic E-state index is 13.0. The molecule has 2 heterocycles. The third-order valence-electron chi connectivity index (χ3n) is 3.47. The lowest BCUT2D eigenvalue weighted by Crippen LogP contribution is -2.46. The number of aromatic nitrogens is 2. The number of benzene rings is 1. The van der Waals surface area contributed by atoms with E-state index in [-0.39, 0.29) is 19.0 Å². The van der Waals surface area contributed by atoms with Gasteiger partial charge in [0.15, 0.2) is 5.82 Å². The molecule has 0 saturated carbocycles. The van der Waals surface area contributed by atoms with Gasteiger partial charge in [-0.15, -0.1) is 0 Å². The maximum absolute atomic E-state index is 13.0. The van der Waals surface area contributed by atoms with E-state index in [0.717, 1.165) is 0 Å². The monoisotopic (exact) mass is 315 g/mol. The van der Waals surface area contributed by atoms with Gasteiger partial charge >= 0.3 is 0 Å². The standard InChI is InChI=1S/C14H13F4N3O/c15-11(16)10-7-21(5-6-22-10)14-8-3-1-2-4-9(8)19-13(20-14)12(17)18/h1-4,10-12H,5-7H2. The van der Waals surface area contributed by atoms with Gasteiger partial charge in [0.05, 0.1) is 18.7 Å². The van der Waals surface area contributed by atoms with Gasteiger partial charge in [-0.25, -0.2) is 27.5 Å². The van der Waals surface area contributed by atoms with Crippen LogP contribution < -0.4 is 4.90 Å². The van der Waals surface area contributed by atoms with Crippen molar-refractivity contribution in [2.45, 2.75) is 19.0 Å². The Morgan fingerprint density at radius 3 is 2.64 bits per heavy atom. The van der Waals surface area contributed by atoms with Gasteiger partial charge in [-0.1, -0.05) is 12.1 Å². The maximum Gasteiger partial charge on any atom is 0.297 e. The van der Waals surface area contributed by atoms with E-state index >= 15 is 0 Å². The first-order chi connectivity index (χ1) is 10.6. The van der Waals surface area contributed by atoms with Gasteiger partial charge in [0.2, 0.25) is 0 Å². The Morgan fingerprint density at radius 2 is 1.91 bits per heavy atom. The van der Waals surface area contributed by atoms with Crippen LogP contribution in [0.15, 0.2) is 24.3 Å². The number of alkyl halides is 4. The fraction of sp³-hybridized carbons (Fsp3) is 0.429. The molecule has 0 radical (unpaired) electrons. The van der Waals surface area contributed by atoms with Gasteiger partial charge in [-0.3, -0.25) is 0 Å². The summed E-state index contributed by atoms with van der Waals surface area (Å²) in [5, 5.41) is 0.557. The van der Waals surface area contributed by atoms with Crippen LogP contribution in [0.3, 0.4) is 0 Å². The van der Waals surface area contributed by atoms with Crippen molar-refractivity contribution in [3.05, 3.63) is 30.1 Å². The molecule has 1 atom stereocenters. The lowest BCUT2D eigenvalue weighted by atomic mass is 10.2. The van der Waals surface area contributed by atoms with Crippen LogP contribution in [0.5, 0.6) is 0 Å². The molecule has 1 aliphatic rings. The topological polar surface area (TPSA) is 38.2 Å². The molecule has 8 heteroatoms. The molecule has 0 N–H and O–H groups in total. The molecule has 1 aromatic heterocycles. The van der Waals surface area contributed by atoms with Crippen molar-refractivity contribution in [2.75, 3.05) is 24.6 Å². The van der Waals surface area contributed by atoms with Crippen molar-refractivity contribution in [3.63, 3.8) is 0 Å². The number of ether oxygens (including phenoxy) is 1. The van der Waals surface area contributed by atoms with Crippen LogP contribution in [0.2, 0.25) is 0 Å². The lowest BCUT2D eigenvalue weighted by Gasteiger charge is -2.33. The smallest absolute Gasteiger partial charge is 0.297 e. The molecule has 2 aromatic rings. The summed E-state index contributed by atoms with van der Waals surface area (Å²) in [6, 6.07) is 6.68. The Labute approximate surface area is 123 Å². The Kier molecular flexibility index (Phi) is 4.10. The molecule has 0 aliphatic carbocycles. The van der Waals surface area contributed by atoms with E-state index < -0.39 is 24.8 Å². The quantitative estimate of drug-likeness (QED) is 0.816. The molecule has 0 amide bonds. The first-order valence-electron chi connectivity index (χ1n) is 6.76. The van der Waals surface area contributed by atoms with Gasteiger partial charge in [-0.2, -0.15) is 0 Å². The predicted octanol–water partition coefficient (Wildman–Crippen LogP) is 3.04. The second-order valence-corrected chi connectivity index (χ2v) is 4.91. The average molecular weight is 315 g/mol. The minimum atomic E-state index is -2.82. The van der Waals surface area contributed by atoms with Crippen LogP contribution in [0.4, 0.5) is 23.4 Å². The minimum Gasteiger partial charge on any atom is -0.369 e. The molecule has 1 fully saturated rings. The Morgan fingerprint density at radius 1 is 1.14 bits per heavy atom. The third-order valence-corrected chi connectivity index (χ3v) is 3.47. The van der Waals surface area contributed by atoms with Crippen molar-refractivity contribution in [2.24, 2.45) is 0 Å². The number of fused-ring (bicyclic) bond motifs is 1. The fourth-order valence-corrected chi connectivity index (χ4v) is 2.44. The van der Waals surface area contributed by atoms with Crippen molar-refractivity contribution in [1.82, 2.24) is 9.97 Å². The largest absolute Gasteiger partial charge is 0.369 e. The van der Waals surface area contributed by atoms with Crippen LogP contribution in [-0.2, 0) is 4.74 Å². The molecule has 0 bridgehead atoms. The molecule has 1 unspecified atom stereocenters. The van der Waals surface area contributed by atoms with Crippen LogP contribution in [0.1, 0.15) is 12.2 Å². The van der Waals surface area contributed by atoms with E-state index in [2.05, 4.69) is 9.97 Å². The molecule has 3 rings (SSSR count). The molecule has 4 nitrogen and oxygen atoms in total. The van der Waals surface area contributed by atoms with E-state index in [1.54, 1.807) is 29.2 Å². The molecule has 118 valence electrons. The summed E-state index contributed by atoms with van der Waals surface area (Å²) in [5.74, 6) is -0.358. The number of halogens is 4. The highest BCUT2D eigenvalue weighted by Crippen LogP contribution is 2.28. The number of anilines is 1. The van der Waals surface area contributed by atoms with E-state index in [1.807, 2.05) is 0 Å². The summed E-state index contributed by atoms with van der Waals surface area (Å²) < 4.78 is 56.6. The van der Waals surface area contributed by atoms with Crippen molar-refractivity contribution >= 4 is 16.7 Å². The van der Waals surface area contributed by atoms with Crippen molar-refractivity contribution < 1.29 is 22.3 Å². The second-order valence-electron chi connectivity index (χ2n) is 4.91. The lowest BCUT2D eigenvalue weighted by molar-refractivity contribution is -0.0615. The zero-order chi connectivity index (χ0) is 15.7. The normalized spacial score (nSPS) is 19.4. The van der Waals surface area contributed by atoms with Crippen LogP contribution in [-0.4, -0.2) is 42.2 Å². The third kappa shape index (κ3) is 2.83. The number of rotatable bonds is 3. The van der Waals surface area contributed by atoms with Gasteiger partial charge in [0, 0.05) is 11.9 Å². The van der Waals surface area contributed by atoms with Crippen molar-refractivity contribution in [3.8, 4) is 0 Å². The number of para-hydroxylation sites is 1. The SMILES string of the molecule is FC(F)c1nc(N2CCOC(C(F)F)C2)c2ccccc2n1. The van der Waals surface area contributed by atoms with E-state index in [4.69, 9.17) is 4.74 Å². The second kappa shape index (κ2) is 6.04. The summed E-state index contributed by atoms with van der Waals surface area (Å²) in [4.78, 5) is 9.25. The van der Waals surface area contributed by atoms with E-state index in [0.29, 0.717) is 17.4 Å². The molecule has 0 spiro atoms. The van der Waals surface area contributed by atoms with E-state index in [9.17, 15) is 17.6 Å². The number of hydrogen-bond donors (Lipinski definition) is 0. The fourth-order valence-electron chi connectivity index (χ4n) is 2.44. The highest BCUT2D eigenvalue weighted by molar-refractivity contribution is 5.89. The molecule has 22 heavy (non-hydrogen) atoms. The summed E-state index contributed by atoms with van der Waals surface area (Å²) >= 11 is 0. The summed E-state index contributed by atoms with van der Waals surface area (Å²) in [7, 11) is 0. The molecule has 1 saturated heterocycles. The summed E-state index contributed by atoms with van der Waals surface area (Å²) in [6.07, 6.45) is -6.71. The molecular weight excluding hydrogens is 302 g/mol. The minimum absolute atomic E-state index is 0.0946. The Bertz CT molecular complexity index is 668. The van der Waals surface area contributed by atoms with Crippen LogP contribution in [0.25, 0.3) is 10.9 Å². The summed E-state index contributed by atoms with van der Waals surface area (Å²) in [6.45, 7) is 0.311. The van der Waals surface area contributed by atoms with Gasteiger partial charge in [-0.05, 0) is 12.1 Å². The first kappa shape index (κ1) is 15.0. The molecule has 1 aliphatic heterocycles. The zero-order valence-electron chi connectivity index (χ0n) is 11.4. The highest BCUT2D eigenvalue weighted by Gasteiger charge is 2.30. The summed E-state index contributed by atoms with van der Waals surface area (Å²) in [5.41, 5.74) is 0.364. The molecular formula is C14H13F4N3O. The first-order valence-corrected chi connectivity index (χ1v) is 6.76. The Hall–Kier alpha value is -1.96. The van der Waals surface area contributed by atoms with Gasteiger partial charge in [0.25, 0.3) is 12.9 Å². The van der Waals surface area contributed by atoms with E-state index in [1.165, 1.54) is 0 Å². The van der Waals surface area contributed by atoms with Crippen molar-refractivity contribution in [1.29, 1.82) is 0 Å². The number of hydrogen-bond acceptors (Lipinski definition) is 4. The molecule has 1 aromatic carbocycles. The Balaban J connectivity index is 2.04. The average Bonchev–Trinajstić information content (AvgIpc) is 2.53. The predicted molar refractivity (Wildman–Crippen MR) is 72.5 cm³/mol. The van der Waals surface area contributed by atoms with Gasteiger partial charge < -0.3 is 9.64 Å². The highest BCUT2D eigenvalue weighted by atomic mass is 19.3. The number of morpholine rings is 1.